The quantitative estimate of drug-likeness (QED) is 0.0397. The Morgan fingerprint density at radius 1 is 0.488 bits per heavy atom. The summed E-state index contributed by atoms with van der Waals surface area (Å²) in [6, 6.07) is 0. The summed E-state index contributed by atoms with van der Waals surface area (Å²) in [5.41, 5.74) is 0. The van der Waals surface area contributed by atoms with Crippen LogP contribution in [0.3, 0.4) is 0 Å². The number of carboxylic acid groups (broad SMARTS) is 3. The van der Waals surface area contributed by atoms with Gasteiger partial charge in [0.05, 0.1) is 26.2 Å². The minimum Gasteiger partial charge on any atom is -0.481 e. The van der Waals surface area contributed by atoms with Crippen LogP contribution in [0.4, 0.5) is 0 Å². The van der Waals surface area contributed by atoms with Crippen molar-refractivity contribution in [2.75, 3.05) is 26.2 Å². The highest BCUT2D eigenvalue weighted by Crippen LogP contribution is 2.22. The molecule has 0 rings (SSSR count). The maximum Gasteiger partial charge on any atom is 0.311 e. The Labute approximate surface area is 264 Å². The number of allylic oxidation sites excluding steroid dienone is 1. The van der Waals surface area contributed by atoms with Crippen LogP contribution in [0.25, 0.3) is 0 Å². The van der Waals surface area contributed by atoms with Gasteiger partial charge < -0.3 is 19.8 Å². The molecule has 3 N–H and O–H groups in total. The molecule has 0 heterocycles. The number of carboxylic acids is 3. The minimum atomic E-state index is -0.930. The van der Waals surface area contributed by atoms with Crippen molar-refractivity contribution in [2.24, 2.45) is 17.8 Å². The first-order valence-electron chi connectivity index (χ1n) is 17.7. The summed E-state index contributed by atoms with van der Waals surface area (Å²) in [6.07, 6.45) is 29.0. The lowest BCUT2D eigenvalue weighted by Crippen LogP contribution is -2.57. The van der Waals surface area contributed by atoms with E-state index in [-0.39, 0.29) is 24.1 Å². The molecule has 0 spiro atoms. The molecule has 3 unspecified atom stereocenters. The predicted octanol–water partition coefficient (Wildman–Crippen LogP) is 9.34. The van der Waals surface area contributed by atoms with Gasteiger partial charge in [0.2, 0.25) is 0 Å². The topological polar surface area (TPSA) is 112 Å². The second-order valence-corrected chi connectivity index (χ2v) is 13.5. The molecule has 0 amide bonds. The van der Waals surface area contributed by atoms with Crippen LogP contribution < -0.4 is 0 Å². The van der Waals surface area contributed by atoms with Crippen LogP contribution in [-0.4, -0.2) is 63.9 Å². The van der Waals surface area contributed by atoms with Gasteiger partial charge in [-0.15, -0.1) is 6.58 Å². The highest BCUT2D eigenvalue weighted by molar-refractivity contribution is 5.70. The number of quaternary nitrogens is 1. The Balaban J connectivity index is 4.09. The summed E-state index contributed by atoms with van der Waals surface area (Å²) in [5.74, 6) is -4.79. The van der Waals surface area contributed by atoms with Crippen LogP contribution in [0.2, 0.25) is 0 Å². The van der Waals surface area contributed by atoms with Gasteiger partial charge in [0.25, 0.3) is 0 Å². The molecule has 3 atom stereocenters. The molecule has 7 nitrogen and oxygen atoms in total. The molecule has 0 saturated heterocycles. The van der Waals surface area contributed by atoms with E-state index in [4.69, 9.17) is 0 Å². The summed E-state index contributed by atoms with van der Waals surface area (Å²) in [6.45, 7) is 10.0. The van der Waals surface area contributed by atoms with Gasteiger partial charge in [-0.3, -0.25) is 14.4 Å². The molecule has 0 aromatic heterocycles. The Bertz CT molecular complexity index is 684. The lowest BCUT2D eigenvalue weighted by molar-refractivity contribution is -0.934. The second kappa shape index (κ2) is 26.5. The van der Waals surface area contributed by atoms with Crippen LogP contribution >= 0.6 is 0 Å². The van der Waals surface area contributed by atoms with Crippen molar-refractivity contribution in [1.29, 1.82) is 0 Å². The van der Waals surface area contributed by atoms with Gasteiger partial charge in [0.1, 0.15) is 17.8 Å². The molecule has 0 aromatic rings. The average molecular weight is 611 g/mol. The van der Waals surface area contributed by atoms with Crippen LogP contribution in [-0.2, 0) is 14.4 Å². The lowest BCUT2D eigenvalue weighted by Gasteiger charge is -2.42. The second-order valence-electron chi connectivity index (χ2n) is 13.5. The molecule has 0 bridgehead atoms. The van der Waals surface area contributed by atoms with Gasteiger partial charge >= 0.3 is 17.9 Å². The minimum absolute atomic E-state index is 0.227. The highest BCUT2D eigenvalue weighted by Gasteiger charge is 2.38. The largest absolute Gasteiger partial charge is 0.481 e. The van der Waals surface area contributed by atoms with Crippen molar-refractivity contribution < 1.29 is 34.2 Å². The summed E-state index contributed by atoms with van der Waals surface area (Å²) >= 11 is 0. The maximum atomic E-state index is 11.6. The normalized spacial score (nSPS) is 15.0. The molecular weight excluding hydrogens is 542 g/mol. The van der Waals surface area contributed by atoms with Gasteiger partial charge in [-0.05, 0) is 46.5 Å². The molecule has 0 saturated carbocycles. The molecule has 0 aromatic carbocycles. The van der Waals surface area contributed by atoms with Crippen LogP contribution in [0, 0.1) is 17.8 Å². The highest BCUT2D eigenvalue weighted by atomic mass is 16.4. The third-order valence-corrected chi connectivity index (χ3v) is 9.04. The number of rotatable bonds is 32. The van der Waals surface area contributed by atoms with Crippen LogP contribution in [0.5, 0.6) is 0 Å². The number of aliphatic carboxylic acids is 3. The third kappa shape index (κ3) is 23.2. The van der Waals surface area contributed by atoms with Crippen molar-refractivity contribution in [2.45, 2.75) is 156 Å². The molecule has 0 radical (unpaired) electrons. The van der Waals surface area contributed by atoms with Crippen LogP contribution in [0.1, 0.15) is 156 Å². The molecule has 43 heavy (non-hydrogen) atoms. The lowest BCUT2D eigenvalue weighted by atomic mass is 10.00. The van der Waals surface area contributed by atoms with Crippen molar-refractivity contribution in [3.8, 4) is 0 Å². The van der Waals surface area contributed by atoms with Gasteiger partial charge in [0, 0.05) is 0 Å². The molecule has 0 aliphatic rings. The monoisotopic (exact) mass is 611 g/mol. The van der Waals surface area contributed by atoms with E-state index in [9.17, 15) is 29.7 Å². The van der Waals surface area contributed by atoms with E-state index in [1.165, 1.54) is 116 Å². The maximum absolute atomic E-state index is 11.6. The van der Waals surface area contributed by atoms with Gasteiger partial charge in [0.15, 0.2) is 0 Å². The third-order valence-electron chi connectivity index (χ3n) is 9.04. The molecule has 252 valence electrons. The molecule has 0 aliphatic heterocycles. The molecule has 7 heteroatoms. The summed E-state index contributed by atoms with van der Waals surface area (Å²) < 4.78 is 0.227. The molecule has 0 aliphatic carbocycles. The molecule has 0 fully saturated rings. The Hall–Kier alpha value is -1.89. The number of carbonyl (C=O) groups is 3. The van der Waals surface area contributed by atoms with Crippen molar-refractivity contribution >= 4 is 17.9 Å². The summed E-state index contributed by atoms with van der Waals surface area (Å²) in [5, 5.41) is 28.6. The van der Waals surface area contributed by atoms with Crippen molar-refractivity contribution in [3.05, 3.63) is 12.7 Å². The zero-order chi connectivity index (χ0) is 32.3. The first-order chi connectivity index (χ1) is 20.5. The van der Waals surface area contributed by atoms with Gasteiger partial charge in [-0.2, -0.15) is 0 Å². The van der Waals surface area contributed by atoms with Gasteiger partial charge in [-0.1, -0.05) is 115 Å². The number of hydrogen-bond acceptors (Lipinski definition) is 3. The SMILES string of the molecule is C=CCCCCCCCCCCCCCCCCCCCCCC[N+](CC(C)C(=O)O)(CC(C)C(=O)O)CC(C)C(=O)O. The van der Waals surface area contributed by atoms with E-state index in [0.29, 0.717) is 6.54 Å². The fraction of sp³-hybridized carbons (Fsp3) is 0.861. The first kappa shape index (κ1) is 41.1. The smallest absolute Gasteiger partial charge is 0.311 e. The van der Waals surface area contributed by atoms with E-state index >= 15 is 0 Å². The van der Waals surface area contributed by atoms with E-state index in [0.717, 1.165) is 19.3 Å². The zero-order valence-corrected chi connectivity index (χ0v) is 28.2. The Kier molecular flexibility index (Phi) is 25.3. The average Bonchev–Trinajstić information content (AvgIpc) is 2.95. The van der Waals surface area contributed by atoms with E-state index in [1.807, 2.05) is 6.08 Å². The van der Waals surface area contributed by atoms with Gasteiger partial charge in [-0.25, -0.2) is 0 Å². The van der Waals surface area contributed by atoms with Crippen LogP contribution in [0.15, 0.2) is 12.7 Å². The zero-order valence-electron chi connectivity index (χ0n) is 28.2. The van der Waals surface area contributed by atoms with E-state index < -0.39 is 35.7 Å². The Morgan fingerprint density at radius 3 is 0.953 bits per heavy atom. The number of hydrogen-bond donors (Lipinski definition) is 3. The van der Waals surface area contributed by atoms with E-state index in [1.54, 1.807) is 20.8 Å². The number of nitrogens with zero attached hydrogens (tertiary/aromatic N) is 1. The summed E-state index contributed by atoms with van der Waals surface area (Å²) in [4.78, 5) is 34.9. The fourth-order valence-electron chi connectivity index (χ4n) is 6.39. The summed E-state index contributed by atoms with van der Waals surface area (Å²) in [7, 11) is 0. The molecular formula is C36H68NO6+. The van der Waals surface area contributed by atoms with Crippen molar-refractivity contribution in [3.63, 3.8) is 0 Å². The van der Waals surface area contributed by atoms with Crippen molar-refractivity contribution in [1.82, 2.24) is 0 Å². The number of unbranched alkanes of at least 4 members (excludes halogenated alkanes) is 20. The predicted molar refractivity (Wildman–Crippen MR) is 177 cm³/mol. The Morgan fingerprint density at radius 2 is 0.721 bits per heavy atom. The fourth-order valence-corrected chi connectivity index (χ4v) is 6.39. The standard InChI is InChI=1S/C36H67NO6/c1-5-6-7-8-9-10-11-12-13-14-15-16-17-18-19-20-21-22-23-24-25-26-27-37(28-31(2)34(38)39,29-32(3)35(40)41)30-33(4)36(42)43/h5,31-33H,1,6-30H2,2-4H3,(H2-,38,39,40,41,42,43)/p+1. The van der Waals surface area contributed by atoms with E-state index in [2.05, 4.69) is 6.58 Å². The first-order valence-corrected chi connectivity index (χ1v) is 17.7.